The SMILES string of the molecule is CC=CCCCN=NC(C)C(=O)O. The summed E-state index contributed by atoms with van der Waals surface area (Å²) in [5.41, 5.74) is 0. The molecule has 13 heavy (non-hydrogen) atoms. The molecule has 0 aliphatic heterocycles. The molecule has 0 rings (SSSR count). The van der Waals surface area contributed by atoms with Crippen molar-refractivity contribution < 1.29 is 9.90 Å². The number of allylic oxidation sites excluding steroid dienone is 2. The summed E-state index contributed by atoms with van der Waals surface area (Å²) in [5, 5.41) is 15.9. The minimum atomic E-state index is -0.933. The quantitative estimate of drug-likeness (QED) is 0.391. The van der Waals surface area contributed by atoms with Gasteiger partial charge < -0.3 is 5.11 Å². The Labute approximate surface area is 78.4 Å². The third kappa shape index (κ3) is 7.18. The molecule has 0 aliphatic rings. The van der Waals surface area contributed by atoms with Gasteiger partial charge >= 0.3 is 5.97 Å². The molecule has 0 bridgehead atoms. The molecule has 0 amide bonds. The maximum absolute atomic E-state index is 10.3. The molecule has 0 saturated carbocycles. The van der Waals surface area contributed by atoms with Crippen LogP contribution in [0.5, 0.6) is 0 Å². The second-order valence-electron chi connectivity index (χ2n) is 2.71. The number of carbonyl (C=O) groups is 1. The van der Waals surface area contributed by atoms with Crippen molar-refractivity contribution in [3.8, 4) is 0 Å². The Morgan fingerprint density at radius 3 is 2.85 bits per heavy atom. The number of carboxylic acid groups (broad SMARTS) is 1. The molecular weight excluding hydrogens is 168 g/mol. The number of hydrogen-bond donors (Lipinski definition) is 1. The van der Waals surface area contributed by atoms with Crippen molar-refractivity contribution in [2.24, 2.45) is 10.2 Å². The van der Waals surface area contributed by atoms with Crippen LogP contribution in [0.2, 0.25) is 0 Å². The number of carboxylic acids is 1. The first-order chi connectivity index (χ1) is 6.18. The number of aliphatic carboxylic acids is 1. The molecule has 0 fully saturated rings. The summed E-state index contributed by atoms with van der Waals surface area (Å²) in [5.74, 6) is -0.933. The Morgan fingerprint density at radius 2 is 2.31 bits per heavy atom. The van der Waals surface area contributed by atoms with E-state index in [9.17, 15) is 4.79 Å². The third-order valence-electron chi connectivity index (χ3n) is 1.48. The lowest BCUT2D eigenvalue weighted by molar-refractivity contribution is -0.138. The highest BCUT2D eigenvalue weighted by atomic mass is 16.4. The molecule has 0 spiro atoms. The van der Waals surface area contributed by atoms with Crippen molar-refractivity contribution in [3.05, 3.63) is 12.2 Å². The second-order valence-corrected chi connectivity index (χ2v) is 2.71. The van der Waals surface area contributed by atoms with Crippen LogP contribution in [-0.4, -0.2) is 23.7 Å². The van der Waals surface area contributed by atoms with Gasteiger partial charge in [-0.05, 0) is 26.7 Å². The van der Waals surface area contributed by atoms with Gasteiger partial charge in [-0.15, -0.1) is 0 Å². The maximum Gasteiger partial charge on any atom is 0.330 e. The van der Waals surface area contributed by atoms with Crippen LogP contribution in [0, 0.1) is 0 Å². The highest BCUT2D eigenvalue weighted by molar-refractivity contribution is 5.72. The lowest BCUT2D eigenvalue weighted by Gasteiger charge is -1.95. The average molecular weight is 184 g/mol. The molecule has 0 heterocycles. The zero-order valence-corrected chi connectivity index (χ0v) is 8.10. The van der Waals surface area contributed by atoms with E-state index in [0.717, 1.165) is 12.8 Å². The zero-order valence-electron chi connectivity index (χ0n) is 8.10. The lowest BCUT2D eigenvalue weighted by Crippen LogP contribution is -2.12. The average Bonchev–Trinajstić information content (AvgIpc) is 2.10. The molecule has 0 aliphatic carbocycles. The molecule has 4 heteroatoms. The highest BCUT2D eigenvalue weighted by Gasteiger charge is 2.06. The van der Waals surface area contributed by atoms with Gasteiger partial charge in [0.2, 0.25) is 0 Å². The van der Waals surface area contributed by atoms with Gasteiger partial charge in [-0.25, -0.2) is 4.79 Å². The molecule has 1 unspecified atom stereocenters. The smallest absolute Gasteiger partial charge is 0.330 e. The fourth-order valence-corrected chi connectivity index (χ4v) is 0.676. The molecule has 0 radical (unpaired) electrons. The highest BCUT2D eigenvalue weighted by Crippen LogP contribution is 1.95. The summed E-state index contributed by atoms with van der Waals surface area (Å²) in [7, 11) is 0. The van der Waals surface area contributed by atoms with E-state index in [1.165, 1.54) is 6.92 Å². The van der Waals surface area contributed by atoms with E-state index in [1.807, 2.05) is 13.0 Å². The molecular formula is C9H16N2O2. The van der Waals surface area contributed by atoms with Crippen LogP contribution in [0.3, 0.4) is 0 Å². The minimum absolute atomic E-state index is 0.599. The normalized spacial score (nSPS) is 14.0. The molecule has 0 saturated heterocycles. The number of rotatable bonds is 6. The van der Waals surface area contributed by atoms with E-state index in [0.29, 0.717) is 6.54 Å². The summed E-state index contributed by atoms with van der Waals surface area (Å²) >= 11 is 0. The number of hydrogen-bond acceptors (Lipinski definition) is 3. The largest absolute Gasteiger partial charge is 0.480 e. The fourth-order valence-electron chi connectivity index (χ4n) is 0.676. The van der Waals surface area contributed by atoms with Crippen LogP contribution in [0.25, 0.3) is 0 Å². The van der Waals surface area contributed by atoms with Gasteiger partial charge in [0.15, 0.2) is 6.04 Å². The van der Waals surface area contributed by atoms with Gasteiger partial charge in [0.05, 0.1) is 6.54 Å². The Kier molecular flexibility index (Phi) is 6.78. The summed E-state index contributed by atoms with van der Waals surface area (Å²) in [6, 6.07) is -0.721. The molecule has 0 aromatic carbocycles. The van der Waals surface area contributed by atoms with E-state index in [1.54, 1.807) is 0 Å². The molecule has 0 aromatic rings. The number of unbranched alkanes of at least 4 members (excludes halogenated alkanes) is 1. The van der Waals surface area contributed by atoms with Gasteiger partial charge in [0.1, 0.15) is 0 Å². The van der Waals surface area contributed by atoms with Crippen LogP contribution < -0.4 is 0 Å². The van der Waals surface area contributed by atoms with Crippen molar-refractivity contribution in [1.29, 1.82) is 0 Å². The Morgan fingerprint density at radius 1 is 1.62 bits per heavy atom. The zero-order chi connectivity index (χ0) is 10.1. The minimum Gasteiger partial charge on any atom is -0.480 e. The molecule has 1 atom stereocenters. The first-order valence-corrected chi connectivity index (χ1v) is 4.39. The van der Waals surface area contributed by atoms with E-state index < -0.39 is 12.0 Å². The monoisotopic (exact) mass is 184 g/mol. The molecule has 1 N–H and O–H groups in total. The number of azo groups is 1. The predicted molar refractivity (Wildman–Crippen MR) is 50.9 cm³/mol. The first kappa shape index (κ1) is 11.8. The van der Waals surface area contributed by atoms with Crippen molar-refractivity contribution in [2.75, 3.05) is 6.54 Å². The summed E-state index contributed by atoms with van der Waals surface area (Å²) in [6.07, 6.45) is 5.92. The Bertz CT molecular complexity index is 200. The van der Waals surface area contributed by atoms with E-state index in [2.05, 4.69) is 16.3 Å². The molecule has 74 valence electrons. The Hall–Kier alpha value is -1.19. The van der Waals surface area contributed by atoms with Crippen molar-refractivity contribution in [3.63, 3.8) is 0 Å². The molecule has 4 nitrogen and oxygen atoms in total. The fraction of sp³-hybridized carbons (Fsp3) is 0.667. The van der Waals surface area contributed by atoms with E-state index in [-0.39, 0.29) is 0 Å². The summed E-state index contributed by atoms with van der Waals surface area (Å²) in [4.78, 5) is 10.3. The Balaban J connectivity index is 3.46. The van der Waals surface area contributed by atoms with Crippen LogP contribution in [0.4, 0.5) is 0 Å². The second kappa shape index (κ2) is 7.46. The standard InChI is InChI=1S/C9H16N2O2/c1-3-4-5-6-7-10-11-8(2)9(12)13/h3-4,8H,5-7H2,1-2H3,(H,12,13). The van der Waals surface area contributed by atoms with Gasteiger partial charge in [0.25, 0.3) is 0 Å². The predicted octanol–water partition coefficient (Wildman–Crippen LogP) is 2.27. The maximum atomic E-state index is 10.3. The summed E-state index contributed by atoms with van der Waals surface area (Å²) in [6.45, 7) is 4.08. The lowest BCUT2D eigenvalue weighted by atomic mass is 10.3. The van der Waals surface area contributed by atoms with Crippen LogP contribution in [0.1, 0.15) is 26.7 Å². The first-order valence-electron chi connectivity index (χ1n) is 4.39. The van der Waals surface area contributed by atoms with Crippen LogP contribution in [-0.2, 0) is 4.79 Å². The summed E-state index contributed by atoms with van der Waals surface area (Å²) < 4.78 is 0. The number of nitrogens with zero attached hydrogens (tertiary/aromatic N) is 2. The van der Waals surface area contributed by atoms with E-state index >= 15 is 0 Å². The van der Waals surface area contributed by atoms with Gasteiger partial charge in [0, 0.05) is 0 Å². The van der Waals surface area contributed by atoms with E-state index in [4.69, 9.17) is 5.11 Å². The van der Waals surface area contributed by atoms with Gasteiger partial charge in [-0.3, -0.25) is 0 Å². The van der Waals surface area contributed by atoms with Crippen LogP contribution >= 0.6 is 0 Å². The molecule has 0 aromatic heterocycles. The van der Waals surface area contributed by atoms with Crippen LogP contribution in [0.15, 0.2) is 22.4 Å². The van der Waals surface area contributed by atoms with Gasteiger partial charge in [-0.2, -0.15) is 10.2 Å². The van der Waals surface area contributed by atoms with Crippen molar-refractivity contribution in [1.82, 2.24) is 0 Å². The van der Waals surface area contributed by atoms with Gasteiger partial charge in [-0.1, -0.05) is 12.2 Å². The van der Waals surface area contributed by atoms with Crippen molar-refractivity contribution >= 4 is 5.97 Å². The topological polar surface area (TPSA) is 62.0 Å². The van der Waals surface area contributed by atoms with Crippen molar-refractivity contribution in [2.45, 2.75) is 32.7 Å². The third-order valence-corrected chi connectivity index (χ3v) is 1.48.